The van der Waals surface area contributed by atoms with Gasteiger partial charge in [0.1, 0.15) is 0 Å². The van der Waals surface area contributed by atoms with Crippen LogP contribution in [0, 0.1) is 0 Å². The molecule has 1 N–H and O–H groups in total. The molecule has 7 heteroatoms. The number of hydrogen-bond acceptors (Lipinski definition) is 4. The first-order valence-corrected chi connectivity index (χ1v) is 7.87. The second-order valence-corrected chi connectivity index (χ2v) is 6.22. The molecule has 1 amide bonds. The van der Waals surface area contributed by atoms with Crippen LogP contribution in [0.15, 0.2) is 61.9 Å². The minimum atomic E-state index is -0.308. The van der Waals surface area contributed by atoms with E-state index in [-0.39, 0.29) is 11.9 Å². The number of amides is 1. The van der Waals surface area contributed by atoms with E-state index in [4.69, 9.17) is 4.42 Å². The number of benzene rings is 2. The number of nitrogens with one attached hydrogen (secondary N) is 1. The predicted octanol–water partition coefficient (Wildman–Crippen LogP) is 4.51. The van der Waals surface area contributed by atoms with E-state index in [0.29, 0.717) is 11.5 Å². The molecule has 2 aromatic carbocycles. The van der Waals surface area contributed by atoms with Crippen LogP contribution in [0.25, 0.3) is 11.5 Å². The van der Waals surface area contributed by atoms with Crippen LogP contribution in [0.4, 0.5) is 6.01 Å². The maximum absolute atomic E-state index is 12.1. The van der Waals surface area contributed by atoms with Crippen molar-refractivity contribution in [3.8, 4) is 11.5 Å². The van der Waals surface area contributed by atoms with E-state index in [1.807, 2.05) is 24.3 Å². The maximum Gasteiger partial charge on any atom is 0.322 e. The Morgan fingerprint density at radius 2 is 1.77 bits per heavy atom. The molecule has 5 nitrogen and oxygen atoms in total. The highest BCUT2D eigenvalue weighted by Gasteiger charge is 2.12. The fraction of sp³-hybridized carbons (Fsp3) is 0. The second kappa shape index (κ2) is 6.41. The molecule has 0 atom stereocenters. The molecule has 1 aromatic heterocycles. The number of anilines is 1. The molecule has 0 unspecified atom stereocenters. The molecule has 110 valence electrons. The van der Waals surface area contributed by atoms with Crippen molar-refractivity contribution in [2.24, 2.45) is 0 Å². The highest BCUT2D eigenvalue weighted by molar-refractivity contribution is 9.10. The second-order valence-electron chi connectivity index (χ2n) is 4.38. The third kappa shape index (κ3) is 3.42. The molecule has 0 aliphatic rings. The number of carbonyl (C=O) groups excluding carboxylic acids is 1. The van der Waals surface area contributed by atoms with Gasteiger partial charge in [-0.25, -0.2) is 0 Å². The molecule has 0 aliphatic carbocycles. The Morgan fingerprint density at radius 3 is 2.50 bits per heavy atom. The third-order valence-electron chi connectivity index (χ3n) is 2.82. The SMILES string of the molecule is O=C(Nc1nnc(-c2cccc(Br)c2)o1)c1ccc(Br)cc1. The van der Waals surface area contributed by atoms with Crippen LogP contribution in [-0.2, 0) is 0 Å². The van der Waals surface area contributed by atoms with E-state index in [9.17, 15) is 4.79 Å². The number of halogens is 2. The summed E-state index contributed by atoms with van der Waals surface area (Å²) in [6, 6.07) is 14.5. The summed E-state index contributed by atoms with van der Waals surface area (Å²) in [4.78, 5) is 12.1. The summed E-state index contributed by atoms with van der Waals surface area (Å²) >= 11 is 6.70. The number of carbonyl (C=O) groups is 1. The Labute approximate surface area is 143 Å². The summed E-state index contributed by atoms with van der Waals surface area (Å²) in [5.74, 6) is 0.0318. The number of aromatic nitrogens is 2. The molecule has 3 aromatic rings. The van der Waals surface area contributed by atoms with Crippen LogP contribution in [0.2, 0.25) is 0 Å². The van der Waals surface area contributed by atoms with E-state index >= 15 is 0 Å². The standard InChI is InChI=1S/C15H9Br2N3O2/c16-11-6-4-9(5-7-11)13(21)18-15-20-19-14(22-15)10-2-1-3-12(17)8-10/h1-8H,(H,18,20,21). The lowest BCUT2D eigenvalue weighted by molar-refractivity contribution is 0.102. The zero-order chi connectivity index (χ0) is 15.5. The molecular formula is C15H9Br2N3O2. The van der Waals surface area contributed by atoms with Gasteiger partial charge in [0.2, 0.25) is 5.89 Å². The van der Waals surface area contributed by atoms with Gasteiger partial charge < -0.3 is 4.42 Å². The Morgan fingerprint density at radius 1 is 1.00 bits per heavy atom. The predicted molar refractivity (Wildman–Crippen MR) is 89.5 cm³/mol. The van der Waals surface area contributed by atoms with Gasteiger partial charge in [-0.1, -0.05) is 43.0 Å². The fourth-order valence-electron chi connectivity index (χ4n) is 1.78. The maximum atomic E-state index is 12.1. The van der Waals surface area contributed by atoms with Gasteiger partial charge in [-0.15, -0.1) is 5.10 Å². The molecule has 0 saturated carbocycles. The molecule has 22 heavy (non-hydrogen) atoms. The van der Waals surface area contributed by atoms with Crippen molar-refractivity contribution < 1.29 is 9.21 Å². The lowest BCUT2D eigenvalue weighted by Gasteiger charge is -2.00. The molecule has 0 fully saturated rings. The van der Waals surface area contributed by atoms with Gasteiger partial charge >= 0.3 is 6.01 Å². The van der Waals surface area contributed by atoms with Crippen LogP contribution in [0.5, 0.6) is 0 Å². The number of hydrogen-bond donors (Lipinski definition) is 1. The molecular weight excluding hydrogens is 414 g/mol. The summed E-state index contributed by atoms with van der Waals surface area (Å²) in [7, 11) is 0. The van der Waals surface area contributed by atoms with Gasteiger partial charge in [-0.2, -0.15) is 0 Å². The molecule has 0 saturated heterocycles. The largest absolute Gasteiger partial charge is 0.403 e. The quantitative estimate of drug-likeness (QED) is 0.673. The van der Waals surface area contributed by atoms with Crippen molar-refractivity contribution in [2.75, 3.05) is 5.32 Å². The van der Waals surface area contributed by atoms with Gasteiger partial charge in [-0.3, -0.25) is 10.1 Å². The van der Waals surface area contributed by atoms with Crippen molar-refractivity contribution >= 4 is 43.8 Å². The van der Waals surface area contributed by atoms with Crippen LogP contribution in [0.3, 0.4) is 0 Å². The van der Waals surface area contributed by atoms with Crippen LogP contribution >= 0.6 is 31.9 Å². The van der Waals surface area contributed by atoms with Gasteiger partial charge in [0.05, 0.1) is 0 Å². The minimum Gasteiger partial charge on any atom is -0.403 e. The van der Waals surface area contributed by atoms with Crippen LogP contribution < -0.4 is 5.32 Å². The van der Waals surface area contributed by atoms with E-state index < -0.39 is 0 Å². The van der Waals surface area contributed by atoms with E-state index in [1.165, 1.54) is 0 Å². The van der Waals surface area contributed by atoms with Crippen LogP contribution in [0.1, 0.15) is 10.4 Å². The lowest BCUT2D eigenvalue weighted by Crippen LogP contribution is -2.11. The smallest absolute Gasteiger partial charge is 0.322 e. The highest BCUT2D eigenvalue weighted by Crippen LogP contribution is 2.23. The first-order valence-electron chi connectivity index (χ1n) is 6.28. The summed E-state index contributed by atoms with van der Waals surface area (Å²) < 4.78 is 7.26. The third-order valence-corrected chi connectivity index (χ3v) is 3.85. The van der Waals surface area contributed by atoms with E-state index in [0.717, 1.165) is 14.5 Å². The van der Waals surface area contributed by atoms with Gasteiger partial charge in [-0.05, 0) is 42.5 Å². The highest BCUT2D eigenvalue weighted by atomic mass is 79.9. The van der Waals surface area contributed by atoms with Crippen molar-refractivity contribution in [2.45, 2.75) is 0 Å². The number of nitrogens with zero attached hydrogens (tertiary/aromatic N) is 2. The van der Waals surface area contributed by atoms with Crippen molar-refractivity contribution in [3.05, 3.63) is 63.0 Å². The minimum absolute atomic E-state index is 0.0582. The summed E-state index contributed by atoms with van der Waals surface area (Å²) in [6.07, 6.45) is 0. The summed E-state index contributed by atoms with van der Waals surface area (Å²) in [5.41, 5.74) is 1.27. The van der Waals surface area contributed by atoms with Gasteiger partial charge in [0, 0.05) is 20.1 Å². The van der Waals surface area contributed by atoms with Crippen molar-refractivity contribution in [1.82, 2.24) is 10.2 Å². The normalized spacial score (nSPS) is 10.5. The monoisotopic (exact) mass is 421 g/mol. The summed E-state index contributed by atoms with van der Waals surface area (Å²) in [6.45, 7) is 0. The molecule has 0 spiro atoms. The zero-order valence-electron chi connectivity index (χ0n) is 11.1. The Hall–Kier alpha value is -1.99. The summed E-state index contributed by atoms with van der Waals surface area (Å²) in [5, 5.41) is 10.3. The zero-order valence-corrected chi connectivity index (χ0v) is 14.3. The Kier molecular flexibility index (Phi) is 4.35. The molecule has 0 bridgehead atoms. The molecule has 1 heterocycles. The average Bonchev–Trinajstić information content (AvgIpc) is 2.96. The van der Waals surface area contributed by atoms with Gasteiger partial charge in [0.25, 0.3) is 5.91 Å². The lowest BCUT2D eigenvalue weighted by atomic mass is 10.2. The van der Waals surface area contributed by atoms with Crippen molar-refractivity contribution in [3.63, 3.8) is 0 Å². The van der Waals surface area contributed by atoms with Crippen molar-refractivity contribution in [1.29, 1.82) is 0 Å². The molecule has 0 aliphatic heterocycles. The van der Waals surface area contributed by atoms with Crippen LogP contribution in [-0.4, -0.2) is 16.1 Å². The van der Waals surface area contributed by atoms with Gasteiger partial charge in [0.15, 0.2) is 0 Å². The first kappa shape index (κ1) is 14.9. The first-order chi connectivity index (χ1) is 10.6. The topological polar surface area (TPSA) is 68.0 Å². The number of rotatable bonds is 3. The molecule has 0 radical (unpaired) electrons. The van der Waals surface area contributed by atoms with E-state index in [1.54, 1.807) is 24.3 Å². The molecule has 3 rings (SSSR count). The fourth-order valence-corrected chi connectivity index (χ4v) is 2.45. The van der Waals surface area contributed by atoms with E-state index in [2.05, 4.69) is 47.4 Å². The average molecular weight is 423 g/mol. The Bertz CT molecular complexity index is 816. The Balaban J connectivity index is 1.77.